The Morgan fingerprint density at radius 2 is 1.57 bits per heavy atom. The summed E-state index contributed by atoms with van der Waals surface area (Å²) >= 11 is 0. The Morgan fingerprint density at radius 1 is 0.964 bits per heavy atom. The van der Waals surface area contributed by atoms with Gasteiger partial charge in [0.25, 0.3) is 0 Å². The third kappa shape index (κ3) is 14.4. The number of nitrogens with one attached hydrogen (secondary N) is 2. The van der Waals surface area contributed by atoms with Gasteiger partial charge in [0.1, 0.15) is 11.8 Å². The van der Waals surface area contributed by atoms with Gasteiger partial charge in [-0.25, -0.2) is 0 Å². The van der Waals surface area contributed by atoms with Gasteiger partial charge in [-0.3, -0.25) is 9.79 Å². The highest BCUT2D eigenvalue weighted by atomic mass is 16.2. The number of nitrogens with two attached hydrogens (primary N) is 2. The van der Waals surface area contributed by atoms with Crippen LogP contribution in [0.25, 0.3) is 0 Å². The van der Waals surface area contributed by atoms with Gasteiger partial charge in [-0.15, -0.1) is 0 Å². The van der Waals surface area contributed by atoms with Gasteiger partial charge in [-0.1, -0.05) is 65.2 Å². The second-order valence-corrected chi connectivity index (χ2v) is 7.59. The quantitative estimate of drug-likeness (QED) is 0.115. The standard InChI is InChI=1S/C21H43N5O2/c1-3-5-6-7-8-9-10-11-12-14-19(28)26-21(18-27,17-24-4-2)15-13-16-25-20(22)23/h18,24H,3-17H2,1-2H3,(H,26,28)(H4,22,23,25). The molecule has 164 valence electrons. The van der Waals surface area contributed by atoms with Crippen molar-refractivity contribution in [3.63, 3.8) is 0 Å². The molecule has 0 saturated carbocycles. The molecule has 7 heteroatoms. The minimum absolute atomic E-state index is 0.0396. The van der Waals surface area contributed by atoms with E-state index in [-0.39, 0.29) is 11.9 Å². The molecule has 0 aromatic heterocycles. The van der Waals surface area contributed by atoms with E-state index in [1.54, 1.807) is 0 Å². The van der Waals surface area contributed by atoms with E-state index in [2.05, 4.69) is 22.5 Å². The molecule has 0 aliphatic carbocycles. The van der Waals surface area contributed by atoms with Crippen molar-refractivity contribution >= 4 is 18.2 Å². The zero-order valence-corrected chi connectivity index (χ0v) is 18.1. The van der Waals surface area contributed by atoms with Crippen molar-refractivity contribution in [3.8, 4) is 0 Å². The SMILES string of the molecule is CCCCCCCCCCCC(=O)NC(C=O)(CCCN=C(N)N)CNCC. The molecule has 0 spiro atoms. The van der Waals surface area contributed by atoms with Gasteiger partial charge >= 0.3 is 0 Å². The minimum atomic E-state index is -0.898. The Kier molecular flexibility index (Phi) is 16.5. The van der Waals surface area contributed by atoms with Crippen LogP contribution in [0.1, 0.15) is 90.9 Å². The highest BCUT2D eigenvalue weighted by Gasteiger charge is 2.30. The predicted molar refractivity (Wildman–Crippen MR) is 117 cm³/mol. The molecule has 0 aromatic carbocycles. The van der Waals surface area contributed by atoms with Gasteiger partial charge < -0.3 is 26.9 Å². The Labute approximate surface area is 171 Å². The molecule has 7 nitrogen and oxygen atoms in total. The van der Waals surface area contributed by atoms with E-state index in [0.717, 1.165) is 25.7 Å². The monoisotopic (exact) mass is 397 g/mol. The van der Waals surface area contributed by atoms with E-state index >= 15 is 0 Å². The molecule has 0 bridgehead atoms. The highest BCUT2D eigenvalue weighted by molar-refractivity contribution is 5.82. The molecule has 0 fully saturated rings. The molecule has 1 amide bonds. The lowest BCUT2D eigenvalue weighted by Gasteiger charge is -2.29. The number of hydrogen-bond donors (Lipinski definition) is 4. The van der Waals surface area contributed by atoms with Gasteiger partial charge in [0.15, 0.2) is 5.96 Å². The number of hydrogen-bond acceptors (Lipinski definition) is 4. The van der Waals surface area contributed by atoms with E-state index in [9.17, 15) is 9.59 Å². The van der Waals surface area contributed by atoms with Crippen molar-refractivity contribution in [2.24, 2.45) is 16.5 Å². The van der Waals surface area contributed by atoms with E-state index in [1.165, 1.54) is 44.9 Å². The topological polar surface area (TPSA) is 123 Å². The molecular formula is C21H43N5O2. The van der Waals surface area contributed by atoms with Crippen LogP contribution in [0, 0.1) is 0 Å². The first-order chi connectivity index (χ1) is 13.5. The number of guanidine groups is 1. The third-order valence-corrected chi connectivity index (χ3v) is 4.89. The number of likely N-dealkylation sites (N-methyl/N-ethyl adjacent to an activating group) is 1. The number of carbonyl (C=O) groups is 2. The molecule has 0 rings (SSSR count). The van der Waals surface area contributed by atoms with Gasteiger partial charge in [-0.05, 0) is 25.8 Å². The van der Waals surface area contributed by atoms with E-state index < -0.39 is 5.54 Å². The normalized spacial score (nSPS) is 12.9. The van der Waals surface area contributed by atoms with Gasteiger partial charge in [-0.2, -0.15) is 0 Å². The molecule has 0 saturated heterocycles. The number of aldehydes is 1. The summed E-state index contributed by atoms with van der Waals surface area (Å²) in [5.41, 5.74) is 9.77. The van der Waals surface area contributed by atoms with Crippen LogP contribution in [0.5, 0.6) is 0 Å². The molecule has 0 heterocycles. The van der Waals surface area contributed by atoms with Gasteiger partial charge in [0, 0.05) is 19.5 Å². The summed E-state index contributed by atoms with van der Waals surface area (Å²) in [6, 6.07) is 0. The first-order valence-corrected chi connectivity index (χ1v) is 11.0. The van der Waals surface area contributed by atoms with Crippen LogP contribution in [-0.4, -0.2) is 43.3 Å². The second-order valence-electron chi connectivity index (χ2n) is 7.59. The largest absolute Gasteiger partial charge is 0.370 e. The molecule has 0 radical (unpaired) electrons. The number of unbranched alkanes of at least 4 members (excludes halogenated alkanes) is 8. The molecule has 28 heavy (non-hydrogen) atoms. The Morgan fingerprint density at radius 3 is 2.11 bits per heavy atom. The van der Waals surface area contributed by atoms with Crippen LogP contribution in [0.3, 0.4) is 0 Å². The molecule has 0 aliphatic rings. The lowest BCUT2D eigenvalue weighted by atomic mass is 9.94. The summed E-state index contributed by atoms with van der Waals surface area (Å²) < 4.78 is 0. The first-order valence-electron chi connectivity index (χ1n) is 11.0. The van der Waals surface area contributed by atoms with E-state index in [4.69, 9.17) is 11.5 Å². The second kappa shape index (κ2) is 17.5. The van der Waals surface area contributed by atoms with Crippen LogP contribution in [0.15, 0.2) is 4.99 Å². The van der Waals surface area contributed by atoms with Crippen molar-refractivity contribution in [1.82, 2.24) is 10.6 Å². The highest BCUT2D eigenvalue weighted by Crippen LogP contribution is 2.13. The fourth-order valence-electron chi connectivity index (χ4n) is 3.21. The van der Waals surface area contributed by atoms with Crippen molar-refractivity contribution in [2.45, 2.75) is 96.4 Å². The van der Waals surface area contributed by atoms with Gasteiger partial charge in [0.05, 0.1) is 0 Å². The maximum atomic E-state index is 12.4. The third-order valence-electron chi connectivity index (χ3n) is 4.89. The molecular weight excluding hydrogens is 354 g/mol. The number of carbonyl (C=O) groups excluding carboxylic acids is 2. The predicted octanol–water partition coefficient (Wildman–Crippen LogP) is 2.62. The zero-order valence-electron chi connectivity index (χ0n) is 18.1. The smallest absolute Gasteiger partial charge is 0.220 e. The summed E-state index contributed by atoms with van der Waals surface area (Å²) in [7, 11) is 0. The number of rotatable bonds is 19. The van der Waals surface area contributed by atoms with Crippen LogP contribution in [0.2, 0.25) is 0 Å². The van der Waals surface area contributed by atoms with Crippen molar-refractivity contribution in [3.05, 3.63) is 0 Å². The van der Waals surface area contributed by atoms with Crippen LogP contribution >= 0.6 is 0 Å². The lowest BCUT2D eigenvalue weighted by Crippen LogP contribution is -2.56. The van der Waals surface area contributed by atoms with E-state index in [1.807, 2.05) is 6.92 Å². The average Bonchev–Trinajstić information content (AvgIpc) is 2.67. The molecule has 0 aliphatic heterocycles. The van der Waals surface area contributed by atoms with Crippen molar-refractivity contribution in [2.75, 3.05) is 19.6 Å². The first kappa shape index (κ1) is 26.4. The summed E-state index contributed by atoms with van der Waals surface area (Å²) in [5, 5.41) is 6.12. The number of amides is 1. The summed E-state index contributed by atoms with van der Waals surface area (Å²) in [6.07, 6.45) is 13.3. The Hall–Kier alpha value is -1.63. The van der Waals surface area contributed by atoms with E-state index in [0.29, 0.717) is 32.4 Å². The lowest BCUT2D eigenvalue weighted by molar-refractivity contribution is -0.127. The van der Waals surface area contributed by atoms with Gasteiger partial charge in [0.2, 0.25) is 5.91 Å². The average molecular weight is 398 g/mol. The maximum Gasteiger partial charge on any atom is 0.220 e. The minimum Gasteiger partial charge on any atom is -0.370 e. The fraction of sp³-hybridized carbons (Fsp3) is 0.857. The summed E-state index contributed by atoms with van der Waals surface area (Å²) in [6.45, 7) is 5.79. The van der Waals surface area contributed by atoms with Crippen molar-refractivity contribution < 1.29 is 9.59 Å². The van der Waals surface area contributed by atoms with Crippen LogP contribution in [-0.2, 0) is 9.59 Å². The van der Waals surface area contributed by atoms with Crippen molar-refractivity contribution in [1.29, 1.82) is 0 Å². The maximum absolute atomic E-state index is 12.4. The van der Waals surface area contributed by atoms with Crippen LogP contribution in [0.4, 0.5) is 0 Å². The Balaban J connectivity index is 4.21. The fourth-order valence-corrected chi connectivity index (χ4v) is 3.21. The molecule has 1 atom stereocenters. The zero-order chi connectivity index (χ0) is 21.1. The summed E-state index contributed by atoms with van der Waals surface area (Å²) in [5.74, 6) is -0.0208. The molecule has 1 unspecified atom stereocenters. The summed E-state index contributed by atoms with van der Waals surface area (Å²) in [4.78, 5) is 28.1. The van der Waals surface area contributed by atoms with Crippen LogP contribution < -0.4 is 22.1 Å². The molecule has 6 N–H and O–H groups in total. The number of aliphatic imine (C=N–C) groups is 1. The Bertz CT molecular complexity index is 439. The number of nitrogens with zero attached hydrogens (tertiary/aromatic N) is 1. The molecule has 0 aromatic rings.